The largest absolute Gasteiger partial charge is 0.285 e. The minimum absolute atomic E-state index is 0.0678. The summed E-state index contributed by atoms with van der Waals surface area (Å²) >= 11 is 3.07. The summed E-state index contributed by atoms with van der Waals surface area (Å²) in [7, 11) is 0. The third kappa shape index (κ3) is 4.27. The van der Waals surface area contributed by atoms with Gasteiger partial charge in [-0.3, -0.25) is 9.69 Å². The molecule has 2 heterocycles. The predicted molar refractivity (Wildman–Crippen MR) is 108 cm³/mol. The SMILES string of the molecule is C=CCN1C(=O)C(Cc2ccccc2C)S/C1=N/N=C/c1cccs1. The van der Waals surface area contributed by atoms with E-state index in [1.165, 1.54) is 22.9 Å². The molecule has 0 radical (unpaired) electrons. The predicted octanol–water partition coefficient (Wildman–Crippen LogP) is 4.12. The molecule has 4 nitrogen and oxygen atoms in total. The first-order chi connectivity index (χ1) is 12.2. The van der Waals surface area contributed by atoms with Gasteiger partial charge in [0, 0.05) is 11.4 Å². The van der Waals surface area contributed by atoms with Crippen molar-refractivity contribution in [3.63, 3.8) is 0 Å². The zero-order valence-corrected chi connectivity index (χ0v) is 15.6. The molecule has 1 amide bonds. The maximum Gasteiger partial charge on any atom is 0.242 e. The molecule has 0 saturated carbocycles. The van der Waals surface area contributed by atoms with Crippen molar-refractivity contribution in [1.29, 1.82) is 0 Å². The number of rotatable bonds is 6. The van der Waals surface area contributed by atoms with E-state index in [2.05, 4.69) is 35.8 Å². The molecule has 1 aliphatic rings. The van der Waals surface area contributed by atoms with Gasteiger partial charge in [-0.2, -0.15) is 5.10 Å². The van der Waals surface area contributed by atoms with E-state index in [9.17, 15) is 4.79 Å². The molecular weight excluding hydrogens is 350 g/mol. The number of aryl methyl sites for hydroxylation is 1. The van der Waals surface area contributed by atoms with Gasteiger partial charge in [0.15, 0.2) is 5.17 Å². The Morgan fingerprint density at radius 1 is 1.28 bits per heavy atom. The minimum atomic E-state index is -0.170. The van der Waals surface area contributed by atoms with Crippen LogP contribution in [0.5, 0.6) is 0 Å². The summed E-state index contributed by atoms with van der Waals surface area (Å²) in [6, 6.07) is 12.1. The van der Waals surface area contributed by atoms with Crippen molar-refractivity contribution in [2.24, 2.45) is 10.2 Å². The van der Waals surface area contributed by atoms with Crippen LogP contribution < -0.4 is 0 Å². The Balaban J connectivity index is 1.77. The molecule has 6 heteroatoms. The number of amides is 1. The van der Waals surface area contributed by atoms with Gasteiger partial charge in [-0.1, -0.05) is 48.2 Å². The van der Waals surface area contributed by atoms with Crippen LogP contribution in [0.4, 0.5) is 0 Å². The van der Waals surface area contributed by atoms with Crippen LogP contribution in [0, 0.1) is 6.92 Å². The number of thiophene rings is 1. The molecule has 1 saturated heterocycles. The van der Waals surface area contributed by atoms with Crippen LogP contribution in [-0.4, -0.2) is 34.0 Å². The first kappa shape index (κ1) is 17.6. The van der Waals surface area contributed by atoms with Crippen molar-refractivity contribution >= 4 is 40.4 Å². The van der Waals surface area contributed by atoms with Crippen molar-refractivity contribution in [2.75, 3.05) is 6.54 Å². The Kier molecular flexibility index (Phi) is 5.83. The minimum Gasteiger partial charge on any atom is -0.285 e. The molecule has 0 bridgehead atoms. The van der Waals surface area contributed by atoms with Gasteiger partial charge < -0.3 is 0 Å². The molecule has 0 aliphatic carbocycles. The van der Waals surface area contributed by atoms with Gasteiger partial charge in [-0.15, -0.1) is 23.0 Å². The Morgan fingerprint density at radius 2 is 2.12 bits per heavy atom. The monoisotopic (exact) mass is 369 g/mol. The molecule has 1 unspecified atom stereocenters. The van der Waals surface area contributed by atoms with E-state index in [0.717, 1.165) is 4.88 Å². The van der Waals surface area contributed by atoms with Gasteiger partial charge in [-0.05, 0) is 35.9 Å². The van der Waals surface area contributed by atoms with Crippen molar-refractivity contribution in [1.82, 2.24) is 4.90 Å². The van der Waals surface area contributed by atoms with Gasteiger partial charge in [0.05, 0.1) is 11.5 Å². The van der Waals surface area contributed by atoms with E-state index in [4.69, 9.17) is 0 Å². The van der Waals surface area contributed by atoms with Crippen LogP contribution >= 0.6 is 23.1 Å². The maximum atomic E-state index is 12.7. The van der Waals surface area contributed by atoms with Crippen LogP contribution in [0.1, 0.15) is 16.0 Å². The number of benzene rings is 1. The molecule has 0 N–H and O–H groups in total. The first-order valence-electron chi connectivity index (χ1n) is 7.97. The van der Waals surface area contributed by atoms with E-state index in [1.54, 1.807) is 28.5 Å². The van der Waals surface area contributed by atoms with E-state index < -0.39 is 0 Å². The number of carbonyl (C=O) groups is 1. The smallest absolute Gasteiger partial charge is 0.242 e. The normalized spacial score (nSPS) is 19.2. The summed E-state index contributed by atoms with van der Waals surface area (Å²) in [6.07, 6.45) is 4.12. The number of thioether (sulfide) groups is 1. The molecule has 1 aliphatic heterocycles. The zero-order valence-electron chi connectivity index (χ0n) is 14.0. The van der Waals surface area contributed by atoms with E-state index in [1.807, 2.05) is 29.6 Å². The summed E-state index contributed by atoms with van der Waals surface area (Å²) < 4.78 is 0. The molecule has 25 heavy (non-hydrogen) atoms. The summed E-state index contributed by atoms with van der Waals surface area (Å²) in [6.45, 7) is 6.26. The zero-order chi connectivity index (χ0) is 17.6. The molecule has 3 rings (SSSR count). The van der Waals surface area contributed by atoms with Crippen molar-refractivity contribution < 1.29 is 4.79 Å². The summed E-state index contributed by atoms with van der Waals surface area (Å²) in [4.78, 5) is 15.4. The Bertz CT molecular complexity index is 812. The van der Waals surface area contributed by atoms with E-state index in [-0.39, 0.29) is 11.2 Å². The van der Waals surface area contributed by atoms with Crippen molar-refractivity contribution in [3.8, 4) is 0 Å². The van der Waals surface area contributed by atoms with Gasteiger partial charge in [-0.25, -0.2) is 0 Å². The number of hydrogen-bond acceptors (Lipinski definition) is 5. The van der Waals surface area contributed by atoms with E-state index >= 15 is 0 Å². The lowest BCUT2D eigenvalue weighted by atomic mass is 10.0. The fourth-order valence-corrected chi connectivity index (χ4v) is 4.26. The number of amidine groups is 1. The Labute approximate surface area is 156 Å². The van der Waals surface area contributed by atoms with Gasteiger partial charge in [0.2, 0.25) is 5.91 Å². The Hall–Kier alpha value is -2.18. The van der Waals surface area contributed by atoms with Gasteiger partial charge in [0.25, 0.3) is 0 Å². The second kappa shape index (κ2) is 8.27. The average molecular weight is 370 g/mol. The third-order valence-electron chi connectivity index (χ3n) is 3.87. The van der Waals surface area contributed by atoms with Crippen LogP contribution in [0.15, 0.2) is 64.6 Å². The lowest BCUT2D eigenvalue weighted by molar-refractivity contribution is -0.125. The lowest BCUT2D eigenvalue weighted by Gasteiger charge is -2.13. The molecular formula is C19H19N3OS2. The summed E-state index contributed by atoms with van der Waals surface area (Å²) in [5.41, 5.74) is 2.39. The number of carbonyl (C=O) groups excluding carboxylic acids is 1. The highest BCUT2D eigenvalue weighted by atomic mass is 32.2. The fraction of sp³-hybridized carbons (Fsp3) is 0.211. The molecule has 2 aromatic rings. The fourth-order valence-electron chi connectivity index (χ4n) is 2.55. The molecule has 1 fully saturated rings. The van der Waals surface area contributed by atoms with Crippen LogP contribution in [0.2, 0.25) is 0 Å². The molecule has 1 atom stereocenters. The molecule has 1 aromatic carbocycles. The lowest BCUT2D eigenvalue weighted by Crippen LogP contribution is -2.32. The van der Waals surface area contributed by atoms with Crippen LogP contribution in [-0.2, 0) is 11.2 Å². The molecule has 0 spiro atoms. The standard InChI is InChI=1S/C19H19N3OS2/c1-3-10-22-18(23)17(12-15-8-5-4-7-14(15)2)25-19(22)21-20-13-16-9-6-11-24-16/h3-9,11,13,17H,1,10,12H2,2H3/b20-13+,21-19+. The topological polar surface area (TPSA) is 45.0 Å². The molecule has 128 valence electrons. The number of hydrogen-bond donors (Lipinski definition) is 0. The van der Waals surface area contributed by atoms with Crippen molar-refractivity contribution in [2.45, 2.75) is 18.6 Å². The first-order valence-corrected chi connectivity index (χ1v) is 9.73. The highest BCUT2D eigenvalue weighted by Crippen LogP contribution is 2.30. The van der Waals surface area contributed by atoms with E-state index in [0.29, 0.717) is 18.1 Å². The van der Waals surface area contributed by atoms with Gasteiger partial charge in [0.1, 0.15) is 0 Å². The Morgan fingerprint density at radius 3 is 2.84 bits per heavy atom. The third-order valence-corrected chi connectivity index (χ3v) is 5.84. The highest BCUT2D eigenvalue weighted by molar-refractivity contribution is 8.15. The number of nitrogens with zero attached hydrogens (tertiary/aromatic N) is 3. The van der Waals surface area contributed by atoms with Crippen LogP contribution in [0.3, 0.4) is 0 Å². The maximum absolute atomic E-state index is 12.7. The summed E-state index contributed by atoms with van der Waals surface area (Å²) in [5.74, 6) is 0.0678. The second-order valence-electron chi connectivity index (χ2n) is 5.62. The van der Waals surface area contributed by atoms with Crippen molar-refractivity contribution in [3.05, 3.63) is 70.4 Å². The quantitative estimate of drug-likeness (QED) is 0.437. The average Bonchev–Trinajstić information content (AvgIpc) is 3.21. The molecule has 1 aromatic heterocycles. The van der Waals surface area contributed by atoms with Gasteiger partial charge >= 0.3 is 0 Å². The summed E-state index contributed by atoms with van der Waals surface area (Å²) in [5, 5.41) is 10.9. The van der Waals surface area contributed by atoms with Crippen LogP contribution in [0.25, 0.3) is 0 Å². The highest BCUT2D eigenvalue weighted by Gasteiger charge is 2.37. The second-order valence-corrected chi connectivity index (χ2v) is 7.77.